The topological polar surface area (TPSA) is 218 Å². The summed E-state index contributed by atoms with van der Waals surface area (Å²) in [6, 6.07) is 6.63. The molecule has 0 bridgehead atoms. The lowest BCUT2D eigenvalue weighted by Crippen LogP contribution is -2.46. The van der Waals surface area contributed by atoms with Crippen molar-refractivity contribution in [2.45, 2.75) is 76.7 Å². The number of ether oxygens (including phenoxy) is 5. The maximum absolute atomic E-state index is 12.6. The van der Waals surface area contributed by atoms with Crippen LogP contribution in [0.3, 0.4) is 0 Å². The molecule has 2 fully saturated rings. The number of carbonyl (C=O) groups excluding carboxylic acids is 1. The Balaban J connectivity index is 1.59. The Hall–Kier alpha value is -3.78. The predicted octanol–water partition coefficient (Wildman–Crippen LogP) is 2.53. The number of para-hydroxylation sites is 2. The monoisotopic (exact) mass is 591 g/mol. The minimum absolute atomic E-state index is 0.0160. The first-order valence-electron chi connectivity index (χ1n) is 12.6. The molecule has 3 heterocycles. The van der Waals surface area contributed by atoms with Gasteiger partial charge < -0.3 is 34.3 Å². The summed E-state index contributed by atoms with van der Waals surface area (Å²) in [4.78, 5) is 43.9. The molecule has 1 aromatic heterocycles. The lowest BCUT2D eigenvalue weighted by Gasteiger charge is -2.30. The molecule has 2 saturated heterocycles. The van der Waals surface area contributed by atoms with Gasteiger partial charge >= 0.3 is 19.8 Å². The second kappa shape index (κ2) is 12.0. The Morgan fingerprint density at radius 2 is 1.95 bits per heavy atom. The van der Waals surface area contributed by atoms with E-state index in [1.165, 1.54) is 31.3 Å². The molecule has 0 radical (unpaired) electrons. The van der Waals surface area contributed by atoms with Gasteiger partial charge in [-0.25, -0.2) is 9.59 Å². The van der Waals surface area contributed by atoms with Crippen molar-refractivity contribution in [3.63, 3.8) is 0 Å². The van der Waals surface area contributed by atoms with Crippen LogP contribution >= 0.6 is 8.17 Å². The van der Waals surface area contributed by atoms with E-state index in [0.717, 1.165) is 4.57 Å². The third-order valence-electron chi connectivity index (χ3n) is 5.94. The average molecular weight is 592 g/mol. The number of benzene rings is 1. The number of aromatic nitrogens is 2. The van der Waals surface area contributed by atoms with E-state index in [4.69, 9.17) is 33.9 Å². The molecule has 2 N–H and O–H groups in total. The number of esters is 1. The first kappa shape index (κ1) is 30.2. The highest BCUT2D eigenvalue weighted by Gasteiger charge is 2.64. The number of nitrogens with zero attached hydrogens (tertiary/aromatic N) is 6. The van der Waals surface area contributed by atoms with Gasteiger partial charge in [-0.3, -0.25) is 9.09 Å². The van der Waals surface area contributed by atoms with E-state index in [-0.39, 0.29) is 23.4 Å². The number of carbonyl (C=O) groups is 1. The number of nitrogens with two attached hydrogens (primary N) is 1. The van der Waals surface area contributed by atoms with Gasteiger partial charge in [-0.2, -0.15) is 4.98 Å². The maximum atomic E-state index is 12.6. The van der Waals surface area contributed by atoms with Crippen molar-refractivity contribution in [1.29, 1.82) is 0 Å². The van der Waals surface area contributed by atoms with Crippen LogP contribution in [0.15, 0.2) is 51.2 Å². The van der Waals surface area contributed by atoms with Gasteiger partial charge in [0.15, 0.2) is 23.8 Å². The van der Waals surface area contributed by atoms with Crippen LogP contribution < -0.4 is 25.6 Å². The molecule has 1 aromatic carbocycles. The minimum atomic E-state index is -2.70. The lowest BCUT2D eigenvalue weighted by atomic mass is 10.1. The molecule has 0 amide bonds. The number of hydrogen-bond donors (Lipinski definition) is 1. The quantitative estimate of drug-likeness (QED) is 0.139. The van der Waals surface area contributed by atoms with Gasteiger partial charge in [0.25, 0.3) is 0 Å². The summed E-state index contributed by atoms with van der Waals surface area (Å²) < 4.78 is 39.7. The zero-order valence-corrected chi connectivity index (χ0v) is 23.8. The summed E-state index contributed by atoms with van der Waals surface area (Å²) in [6.45, 7) is 7.71. The molecule has 0 aliphatic carbocycles. The first-order valence-corrected chi connectivity index (χ1v) is 13.7. The van der Waals surface area contributed by atoms with E-state index in [9.17, 15) is 20.0 Å². The van der Waals surface area contributed by atoms with Crippen LogP contribution in [-0.2, 0) is 23.7 Å². The Bertz CT molecular complexity index is 1430. The van der Waals surface area contributed by atoms with Crippen LogP contribution in [0.25, 0.3) is 10.4 Å². The molecule has 220 valence electrons. The largest absolute Gasteiger partial charge is 0.575 e. The first-order chi connectivity index (χ1) is 19.3. The van der Waals surface area contributed by atoms with Gasteiger partial charge in [-0.1, -0.05) is 22.0 Å². The molecule has 16 nitrogen and oxygen atoms in total. The molecule has 41 heavy (non-hydrogen) atoms. The Morgan fingerprint density at radius 1 is 1.24 bits per heavy atom. The lowest BCUT2D eigenvalue weighted by molar-refractivity contribution is -0.224. The van der Waals surface area contributed by atoms with Crippen molar-refractivity contribution in [3.8, 4) is 11.5 Å². The van der Waals surface area contributed by atoms with E-state index in [2.05, 4.69) is 19.8 Å². The van der Waals surface area contributed by atoms with Crippen molar-refractivity contribution in [2.75, 3.05) is 12.3 Å². The average Bonchev–Trinajstić information content (AvgIpc) is 3.35. The summed E-state index contributed by atoms with van der Waals surface area (Å²) in [5.74, 6) is -1.61. The van der Waals surface area contributed by atoms with Gasteiger partial charge in [0.1, 0.15) is 24.6 Å². The molecule has 2 aliphatic rings. The standard InChI is InChI=1S/C24H30N7O9P/c1-13(2)36-21(32)14(3)28-41(34)40-16-9-7-6-8-15(16)35-12-24(29-30-26)19-18(37-23(4,5)38-19)20(39-24)31-11-10-17(25)27-22(31)33/h6-11,13-14,18-20H,12H2,1-5H3,(H2,25,27,33)/t14-,18+,19-,20+,24+/m0/s1. The minimum Gasteiger partial charge on any atom is -0.575 e. The van der Waals surface area contributed by atoms with Crippen LogP contribution in [0.2, 0.25) is 0 Å². The number of azide groups is 1. The molecular formula is C24H30N7O9P. The van der Waals surface area contributed by atoms with Gasteiger partial charge in [0, 0.05) is 11.1 Å². The molecule has 1 unspecified atom stereocenters. The summed E-state index contributed by atoms with van der Waals surface area (Å²) in [5.41, 5.74) is 12.6. The number of hydrogen-bond acceptors (Lipinski definition) is 13. The summed E-state index contributed by atoms with van der Waals surface area (Å²) in [7, 11) is -2.70. The van der Waals surface area contributed by atoms with Crippen LogP contribution in [0.4, 0.5) is 5.82 Å². The van der Waals surface area contributed by atoms with E-state index < -0.39 is 62.4 Å². The second-order valence-electron chi connectivity index (χ2n) is 9.95. The Kier molecular flexibility index (Phi) is 8.83. The molecule has 2 aliphatic heterocycles. The van der Waals surface area contributed by atoms with Gasteiger partial charge in [-0.15, -0.1) is 0 Å². The van der Waals surface area contributed by atoms with E-state index >= 15 is 0 Å². The van der Waals surface area contributed by atoms with E-state index in [1.807, 2.05) is 0 Å². The third kappa shape index (κ3) is 6.76. The summed E-state index contributed by atoms with van der Waals surface area (Å²) >= 11 is 0. The van der Waals surface area contributed by atoms with Crippen molar-refractivity contribution < 1.29 is 37.9 Å². The summed E-state index contributed by atoms with van der Waals surface area (Å²) in [6.07, 6.45) is -1.98. The number of anilines is 1. The zero-order chi connectivity index (χ0) is 29.9. The van der Waals surface area contributed by atoms with Crippen LogP contribution in [0.5, 0.6) is 11.5 Å². The Morgan fingerprint density at radius 3 is 2.61 bits per heavy atom. The fourth-order valence-corrected chi connectivity index (χ4v) is 5.02. The number of fused-ring (bicyclic) bond motifs is 1. The number of nitrogen functional groups attached to an aromatic ring is 1. The predicted molar refractivity (Wildman–Crippen MR) is 141 cm³/mol. The molecule has 0 saturated carbocycles. The number of rotatable bonds is 10. The van der Waals surface area contributed by atoms with E-state index in [0.29, 0.717) is 0 Å². The molecule has 4 rings (SSSR count). The molecular weight excluding hydrogens is 561 g/mol. The van der Waals surface area contributed by atoms with Gasteiger partial charge in [-0.05, 0) is 58.3 Å². The maximum Gasteiger partial charge on any atom is 0.395 e. The highest BCUT2D eigenvalue weighted by Crippen LogP contribution is 2.49. The highest BCUT2D eigenvalue weighted by molar-refractivity contribution is 7.34. The molecule has 2 aromatic rings. The summed E-state index contributed by atoms with van der Waals surface area (Å²) in [5, 5.41) is 3.87. The smallest absolute Gasteiger partial charge is 0.395 e. The second-order valence-corrected chi connectivity index (χ2v) is 10.8. The van der Waals surface area contributed by atoms with Crippen LogP contribution in [0.1, 0.15) is 40.8 Å². The van der Waals surface area contributed by atoms with Gasteiger partial charge in [0.05, 0.1) is 6.10 Å². The third-order valence-corrected chi connectivity index (χ3v) is 6.83. The molecule has 6 atom stereocenters. The van der Waals surface area contributed by atoms with Crippen molar-refractivity contribution in [2.24, 2.45) is 9.86 Å². The van der Waals surface area contributed by atoms with Crippen molar-refractivity contribution in [1.82, 2.24) is 9.55 Å². The highest BCUT2D eigenvalue weighted by atomic mass is 31.1. The normalized spacial score (nSPS) is 25.7. The van der Waals surface area contributed by atoms with Gasteiger partial charge in [0.2, 0.25) is 11.5 Å². The molecule has 17 heteroatoms. The van der Waals surface area contributed by atoms with Crippen molar-refractivity contribution >= 4 is 20.0 Å². The molecule has 0 spiro atoms. The van der Waals surface area contributed by atoms with Crippen LogP contribution in [0, 0.1) is 0 Å². The fraction of sp³-hybridized carbons (Fsp3) is 0.542. The van der Waals surface area contributed by atoms with Crippen molar-refractivity contribution in [3.05, 3.63) is 57.5 Å². The SMILES string of the molecule is CC(C)OC(=O)[C@H](C)N=[P+]([O-])Oc1ccccc1OC[C@@]1(N=[N+]=[N-])O[C@@H](n2ccc(N)nc2=O)[C@@H]2OC(C)(C)O[C@@H]21. The van der Waals surface area contributed by atoms with Crippen LogP contribution in [-0.4, -0.2) is 58.0 Å². The Labute approximate surface area is 235 Å². The fourth-order valence-electron chi connectivity index (χ4n) is 4.28. The van der Waals surface area contributed by atoms with E-state index in [1.54, 1.807) is 39.8 Å². The zero-order valence-electron chi connectivity index (χ0n) is 22.9.